The average molecular weight is 172 g/mol. The Balaban J connectivity index is 3.96. The quantitative estimate of drug-likeness (QED) is 0.443. The molecule has 3 N–H and O–H groups in total. The highest BCUT2D eigenvalue weighted by molar-refractivity contribution is 5.83. The number of carbonyl (C=O) groups excluding carboxylic acids is 1. The molecule has 0 aliphatic rings. The number of hydrogen-bond donors (Lipinski definition) is 2. The van der Waals surface area contributed by atoms with Gasteiger partial charge in [0.2, 0.25) is 0 Å². The minimum absolute atomic E-state index is 0.0679. The molecule has 0 aliphatic heterocycles. The maximum absolute atomic E-state index is 10.8. The maximum Gasteiger partial charge on any atom is 0.303 e. The molecule has 0 fully saturated rings. The van der Waals surface area contributed by atoms with Gasteiger partial charge < -0.3 is 10.8 Å². The third-order valence-electron chi connectivity index (χ3n) is 1.37. The molecule has 12 heavy (non-hydrogen) atoms. The van der Waals surface area contributed by atoms with Crippen LogP contribution in [0, 0.1) is 0 Å². The molecule has 0 spiro atoms. The van der Waals surface area contributed by atoms with E-state index in [0.717, 1.165) is 6.34 Å². The van der Waals surface area contributed by atoms with Gasteiger partial charge in [-0.25, -0.2) is 0 Å². The number of nitrogens with zero attached hydrogens (tertiary/aromatic N) is 1. The predicted octanol–water partition coefficient (Wildman–Crippen LogP) is -0.204. The van der Waals surface area contributed by atoms with Gasteiger partial charge in [-0.1, -0.05) is 0 Å². The van der Waals surface area contributed by atoms with Crippen molar-refractivity contribution in [1.29, 1.82) is 0 Å². The summed E-state index contributed by atoms with van der Waals surface area (Å²) in [6.07, 6.45) is 1.16. The van der Waals surface area contributed by atoms with E-state index in [1.165, 1.54) is 6.92 Å². The van der Waals surface area contributed by atoms with E-state index < -0.39 is 12.0 Å². The molecule has 0 aromatic rings. The molecular weight excluding hydrogens is 160 g/mol. The van der Waals surface area contributed by atoms with Crippen molar-refractivity contribution in [3.8, 4) is 0 Å². The summed E-state index contributed by atoms with van der Waals surface area (Å²) in [6.45, 7) is 1.36. The van der Waals surface area contributed by atoms with Gasteiger partial charge in [-0.15, -0.1) is 0 Å². The van der Waals surface area contributed by atoms with E-state index in [0.29, 0.717) is 0 Å². The van der Waals surface area contributed by atoms with E-state index in [1.807, 2.05) is 0 Å². The molecule has 0 amide bonds. The molecule has 1 atom stereocenters. The average Bonchev–Trinajstić information content (AvgIpc) is 1.96. The summed E-state index contributed by atoms with van der Waals surface area (Å²) in [4.78, 5) is 24.6. The van der Waals surface area contributed by atoms with Gasteiger partial charge >= 0.3 is 5.97 Å². The van der Waals surface area contributed by atoms with Gasteiger partial charge in [0.05, 0.1) is 6.34 Å². The standard InChI is InChI=1S/C7H12N2O3/c1-5(10)6(9-4-8)2-3-7(11)12/h4,6H,2-3H2,1H3,(H2,8,9)(H,11,12). The van der Waals surface area contributed by atoms with Crippen molar-refractivity contribution in [2.75, 3.05) is 0 Å². The van der Waals surface area contributed by atoms with Crippen molar-refractivity contribution in [3.63, 3.8) is 0 Å². The Morgan fingerprint density at radius 1 is 1.67 bits per heavy atom. The van der Waals surface area contributed by atoms with Crippen molar-refractivity contribution < 1.29 is 14.7 Å². The summed E-state index contributed by atoms with van der Waals surface area (Å²) in [7, 11) is 0. The van der Waals surface area contributed by atoms with Gasteiger partial charge in [-0.05, 0) is 13.3 Å². The van der Waals surface area contributed by atoms with Crippen molar-refractivity contribution >= 4 is 18.1 Å². The van der Waals surface area contributed by atoms with E-state index in [2.05, 4.69) is 4.99 Å². The lowest BCUT2D eigenvalue weighted by molar-refractivity contribution is -0.137. The third kappa shape index (κ3) is 4.43. The first-order valence-corrected chi connectivity index (χ1v) is 3.53. The highest BCUT2D eigenvalue weighted by atomic mass is 16.4. The SMILES string of the molecule is CC(=O)C(CCC(=O)O)N=CN. The van der Waals surface area contributed by atoms with E-state index in [4.69, 9.17) is 10.8 Å². The molecule has 5 heteroatoms. The summed E-state index contributed by atoms with van der Waals surface area (Å²) in [5, 5.41) is 8.32. The number of hydrogen-bond acceptors (Lipinski definition) is 3. The number of carboxylic acid groups (broad SMARTS) is 1. The molecule has 68 valence electrons. The molecular formula is C7H12N2O3. The van der Waals surface area contributed by atoms with Crippen LogP contribution in [0.3, 0.4) is 0 Å². The summed E-state index contributed by atoms with van der Waals surface area (Å²) < 4.78 is 0. The minimum Gasteiger partial charge on any atom is -0.481 e. The maximum atomic E-state index is 10.8. The first kappa shape index (κ1) is 10.6. The van der Waals surface area contributed by atoms with Crippen molar-refractivity contribution in [2.24, 2.45) is 10.7 Å². The normalized spacial score (nSPS) is 13.1. The zero-order valence-electron chi connectivity index (χ0n) is 6.86. The summed E-state index contributed by atoms with van der Waals surface area (Å²) in [6, 6.07) is -0.605. The monoisotopic (exact) mass is 172 g/mol. The summed E-state index contributed by atoms with van der Waals surface area (Å²) in [5.74, 6) is -1.11. The Labute approximate surface area is 70.3 Å². The van der Waals surface area contributed by atoms with E-state index in [9.17, 15) is 9.59 Å². The lowest BCUT2D eigenvalue weighted by atomic mass is 10.1. The van der Waals surface area contributed by atoms with Gasteiger partial charge in [0.25, 0.3) is 0 Å². The van der Waals surface area contributed by atoms with Crippen LogP contribution in [0.15, 0.2) is 4.99 Å². The highest BCUT2D eigenvalue weighted by Gasteiger charge is 2.12. The van der Waals surface area contributed by atoms with Gasteiger partial charge in [0.15, 0.2) is 5.78 Å². The summed E-state index contributed by atoms with van der Waals surface area (Å²) in [5.41, 5.74) is 4.98. The topological polar surface area (TPSA) is 92.8 Å². The van der Waals surface area contributed by atoms with E-state index in [-0.39, 0.29) is 18.6 Å². The van der Waals surface area contributed by atoms with Crippen LogP contribution in [0.1, 0.15) is 19.8 Å². The van der Waals surface area contributed by atoms with Crippen LogP contribution in [-0.4, -0.2) is 29.2 Å². The van der Waals surface area contributed by atoms with Gasteiger partial charge in [-0.2, -0.15) is 0 Å². The van der Waals surface area contributed by atoms with Crippen LogP contribution >= 0.6 is 0 Å². The first-order chi connectivity index (χ1) is 5.57. The predicted molar refractivity (Wildman–Crippen MR) is 44.0 cm³/mol. The Morgan fingerprint density at radius 3 is 2.58 bits per heavy atom. The van der Waals surface area contributed by atoms with Gasteiger partial charge in [-0.3, -0.25) is 14.6 Å². The molecule has 0 saturated heterocycles. The molecule has 0 heterocycles. The van der Waals surface area contributed by atoms with Crippen LogP contribution < -0.4 is 5.73 Å². The Bertz CT molecular complexity index is 201. The fourth-order valence-corrected chi connectivity index (χ4v) is 0.747. The number of nitrogens with two attached hydrogens (primary N) is 1. The second-order valence-corrected chi connectivity index (χ2v) is 2.36. The Morgan fingerprint density at radius 2 is 2.25 bits per heavy atom. The number of carbonyl (C=O) groups is 2. The Hall–Kier alpha value is -1.39. The van der Waals surface area contributed by atoms with Crippen molar-refractivity contribution in [1.82, 2.24) is 0 Å². The lowest BCUT2D eigenvalue weighted by Crippen LogP contribution is -2.17. The molecule has 5 nitrogen and oxygen atoms in total. The number of aliphatic carboxylic acids is 1. The second kappa shape index (κ2) is 5.29. The van der Waals surface area contributed by atoms with Crippen molar-refractivity contribution in [3.05, 3.63) is 0 Å². The van der Waals surface area contributed by atoms with E-state index in [1.54, 1.807) is 0 Å². The largest absolute Gasteiger partial charge is 0.481 e. The minimum atomic E-state index is -0.937. The van der Waals surface area contributed by atoms with Gasteiger partial charge in [0.1, 0.15) is 6.04 Å². The van der Waals surface area contributed by atoms with Crippen LogP contribution in [-0.2, 0) is 9.59 Å². The number of Topliss-reactive ketones (excluding diaryl/α,β-unsaturated/α-hetero) is 1. The lowest BCUT2D eigenvalue weighted by Gasteiger charge is -2.04. The van der Waals surface area contributed by atoms with E-state index >= 15 is 0 Å². The van der Waals surface area contributed by atoms with Crippen LogP contribution in [0.4, 0.5) is 0 Å². The molecule has 0 aromatic carbocycles. The van der Waals surface area contributed by atoms with Crippen LogP contribution in [0.5, 0.6) is 0 Å². The molecule has 0 aliphatic carbocycles. The fraction of sp³-hybridized carbons (Fsp3) is 0.571. The first-order valence-electron chi connectivity index (χ1n) is 3.53. The van der Waals surface area contributed by atoms with Crippen molar-refractivity contribution in [2.45, 2.75) is 25.8 Å². The number of ketones is 1. The number of carboxylic acids is 1. The zero-order valence-corrected chi connectivity index (χ0v) is 6.86. The fourth-order valence-electron chi connectivity index (χ4n) is 0.747. The molecule has 0 aromatic heterocycles. The molecule has 0 bridgehead atoms. The smallest absolute Gasteiger partial charge is 0.303 e. The second-order valence-electron chi connectivity index (χ2n) is 2.36. The van der Waals surface area contributed by atoms with Crippen LogP contribution in [0.25, 0.3) is 0 Å². The zero-order chi connectivity index (χ0) is 9.56. The Kier molecular flexibility index (Phi) is 4.67. The number of rotatable bonds is 5. The summed E-state index contributed by atoms with van der Waals surface area (Å²) >= 11 is 0. The molecule has 0 saturated carbocycles. The molecule has 1 unspecified atom stereocenters. The third-order valence-corrected chi connectivity index (χ3v) is 1.37. The highest BCUT2D eigenvalue weighted by Crippen LogP contribution is 2.02. The molecule has 0 radical (unpaired) electrons. The molecule has 0 rings (SSSR count). The van der Waals surface area contributed by atoms with Crippen LogP contribution in [0.2, 0.25) is 0 Å². The van der Waals surface area contributed by atoms with Gasteiger partial charge in [0, 0.05) is 6.42 Å². The number of aliphatic imine (C=N–C) groups is 1.